The Morgan fingerprint density at radius 2 is 1.53 bits per heavy atom. The quantitative estimate of drug-likeness (QED) is 0.735. The molecule has 0 radical (unpaired) electrons. The van der Waals surface area contributed by atoms with Gasteiger partial charge in [0.25, 0.3) is 0 Å². The third-order valence-electron chi connectivity index (χ3n) is 2.06. The topological polar surface area (TPSA) is 26.0 Å². The van der Waals surface area contributed by atoms with Crippen molar-refractivity contribution in [1.82, 2.24) is 0 Å². The van der Waals surface area contributed by atoms with Gasteiger partial charge in [-0.1, -0.05) is 65.0 Å². The molecule has 0 amide bonds. The summed E-state index contributed by atoms with van der Waals surface area (Å²) in [6.07, 6.45) is 1.70. The lowest BCUT2D eigenvalue weighted by Crippen LogP contribution is -2.09. The van der Waals surface area contributed by atoms with Crippen molar-refractivity contribution in [3.05, 3.63) is 42.1 Å². The van der Waals surface area contributed by atoms with Gasteiger partial charge in [0.15, 0.2) is 0 Å². The van der Waals surface area contributed by atoms with Crippen LogP contribution in [0.5, 0.6) is 0 Å². The number of nitrogens with two attached hydrogens (primary N) is 1. The van der Waals surface area contributed by atoms with Crippen molar-refractivity contribution in [3.63, 3.8) is 0 Å². The minimum atomic E-state index is 0.107. The molecule has 2 N–H and O–H groups in total. The molecular weight excluding hydrogens is 182 g/mol. The summed E-state index contributed by atoms with van der Waals surface area (Å²) in [6.45, 7) is 10.5. The van der Waals surface area contributed by atoms with E-state index in [-0.39, 0.29) is 5.41 Å². The molecule has 0 saturated carbocycles. The predicted octanol–water partition coefficient (Wildman–Crippen LogP) is 4.06. The standard InChI is InChI=1S/C12H17N.C2H6/c1-12(2,3)11(9-13)10-7-5-4-6-8-10;1-2/h4-9H,13H2,1-3H3;1-2H3/b11-9+;. The Morgan fingerprint density at radius 1 is 1.07 bits per heavy atom. The third-order valence-corrected chi connectivity index (χ3v) is 2.06. The summed E-state index contributed by atoms with van der Waals surface area (Å²) in [5.74, 6) is 0. The Balaban J connectivity index is 0.000000921. The highest BCUT2D eigenvalue weighted by molar-refractivity contribution is 5.68. The van der Waals surface area contributed by atoms with Gasteiger partial charge >= 0.3 is 0 Å². The lowest BCUT2D eigenvalue weighted by atomic mass is 9.83. The smallest absolute Gasteiger partial charge is 0.00183 e. The first kappa shape index (κ1) is 13.8. The van der Waals surface area contributed by atoms with Crippen LogP contribution in [0.3, 0.4) is 0 Å². The summed E-state index contributed by atoms with van der Waals surface area (Å²) >= 11 is 0. The molecule has 1 rings (SSSR count). The van der Waals surface area contributed by atoms with Crippen molar-refractivity contribution in [2.45, 2.75) is 34.6 Å². The molecule has 0 fully saturated rings. The van der Waals surface area contributed by atoms with Crippen LogP contribution >= 0.6 is 0 Å². The maximum atomic E-state index is 5.63. The Kier molecular flexibility index (Phi) is 5.76. The van der Waals surface area contributed by atoms with Crippen molar-refractivity contribution < 1.29 is 0 Å². The molecule has 0 spiro atoms. The molecule has 0 aliphatic carbocycles. The first-order valence-electron chi connectivity index (χ1n) is 5.53. The van der Waals surface area contributed by atoms with Gasteiger partial charge in [0, 0.05) is 0 Å². The third kappa shape index (κ3) is 4.20. The van der Waals surface area contributed by atoms with Crippen molar-refractivity contribution in [2.24, 2.45) is 11.1 Å². The summed E-state index contributed by atoms with van der Waals surface area (Å²) in [4.78, 5) is 0. The fraction of sp³-hybridized carbons (Fsp3) is 0.429. The van der Waals surface area contributed by atoms with Gasteiger partial charge in [-0.3, -0.25) is 0 Å². The van der Waals surface area contributed by atoms with E-state index in [1.54, 1.807) is 6.20 Å². The molecule has 1 nitrogen and oxygen atoms in total. The summed E-state index contributed by atoms with van der Waals surface area (Å²) in [5.41, 5.74) is 8.13. The number of allylic oxidation sites excluding steroid dienone is 1. The van der Waals surface area contributed by atoms with Crippen LogP contribution in [0.1, 0.15) is 40.2 Å². The molecule has 0 bridgehead atoms. The van der Waals surface area contributed by atoms with Gasteiger partial charge in [-0.15, -0.1) is 0 Å². The Hall–Kier alpha value is -1.24. The number of hydrogen-bond donors (Lipinski definition) is 1. The normalized spacial score (nSPS) is 11.7. The molecule has 0 atom stereocenters. The van der Waals surface area contributed by atoms with Gasteiger partial charge < -0.3 is 5.73 Å². The maximum Gasteiger partial charge on any atom is -0.00183 e. The van der Waals surface area contributed by atoms with Gasteiger partial charge in [-0.2, -0.15) is 0 Å². The molecule has 0 aliphatic rings. The van der Waals surface area contributed by atoms with Crippen LogP contribution in [0.25, 0.3) is 5.57 Å². The van der Waals surface area contributed by atoms with Crippen LogP contribution < -0.4 is 5.73 Å². The minimum absolute atomic E-state index is 0.107. The van der Waals surface area contributed by atoms with Crippen LogP contribution in [0, 0.1) is 5.41 Å². The van der Waals surface area contributed by atoms with Gasteiger partial charge in [-0.25, -0.2) is 0 Å². The molecule has 1 heteroatoms. The second-order valence-corrected chi connectivity index (χ2v) is 4.20. The van der Waals surface area contributed by atoms with E-state index in [1.165, 1.54) is 11.1 Å². The molecule has 1 aromatic carbocycles. The molecule has 0 unspecified atom stereocenters. The molecule has 0 aromatic heterocycles. The van der Waals surface area contributed by atoms with Gasteiger partial charge in [0.05, 0.1) is 0 Å². The Labute approximate surface area is 94.0 Å². The SMILES string of the molecule is CC.CC(C)(C)/C(=C/N)c1ccccc1. The monoisotopic (exact) mass is 205 g/mol. The summed E-state index contributed by atoms with van der Waals surface area (Å²) < 4.78 is 0. The summed E-state index contributed by atoms with van der Waals surface area (Å²) in [6, 6.07) is 10.3. The van der Waals surface area contributed by atoms with Crippen LogP contribution in [0.2, 0.25) is 0 Å². The van der Waals surface area contributed by atoms with Crippen LogP contribution in [-0.4, -0.2) is 0 Å². The largest absolute Gasteiger partial charge is 0.404 e. The Bertz CT molecular complexity index is 291. The molecule has 0 heterocycles. The second kappa shape index (κ2) is 6.28. The van der Waals surface area contributed by atoms with Crippen molar-refractivity contribution >= 4 is 5.57 Å². The van der Waals surface area contributed by atoms with E-state index in [1.807, 2.05) is 32.0 Å². The minimum Gasteiger partial charge on any atom is -0.404 e. The lowest BCUT2D eigenvalue weighted by molar-refractivity contribution is 0.566. The summed E-state index contributed by atoms with van der Waals surface area (Å²) in [7, 11) is 0. The van der Waals surface area contributed by atoms with E-state index >= 15 is 0 Å². The van der Waals surface area contributed by atoms with Crippen molar-refractivity contribution in [3.8, 4) is 0 Å². The fourth-order valence-corrected chi connectivity index (χ4v) is 1.40. The first-order valence-corrected chi connectivity index (χ1v) is 5.53. The van der Waals surface area contributed by atoms with Gasteiger partial charge in [0.1, 0.15) is 0 Å². The molecule has 84 valence electrons. The van der Waals surface area contributed by atoms with E-state index < -0.39 is 0 Å². The van der Waals surface area contributed by atoms with Gasteiger partial charge in [-0.05, 0) is 22.8 Å². The van der Waals surface area contributed by atoms with Crippen molar-refractivity contribution in [2.75, 3.05) is 0 Å². The van der Waals surface area contributed by atoms with E-state index in [0.717, 1.165) is 0 Å². The van der Waals surface area contributed by atoms with E-state index in [9.17, 15) is 0 Å². The zero-order valence-corrected chi connectivity index (χ0v) is 10.5. The molecule has 0 saturated heterocycles. The lowest BCUT2D eigenvalue weighted by Gasteiger charge is -2.22. The van der Waals surface area contributed by atoms with Crippen molar-refractivity contribution in [1.29, 1.82) is 0 Å². The highest BCUT2D eigenvalue weighted by atomic mass is 14.5. The zero-order chi connectivity index (χ0) is 11.9. The number of hydrogen-bond acceptors (Lipinski definition) is 1. The predicted molar refractivity (Wildman–Crippen MR) is 69.4 cm³/mol. The fourth-order valence-electron chi connectivity index (χ4n) is 1.40. The number of benzene rings is 1. The Morgan fingerprint density at radius 3 is 1.87 bits per heavy atom. The van der Waals surface area contributed by atoms with E-state index in [2.05, 4.69) is 32.9 Å². The maximum absolute atomic E-state index is 5.63. The van der Waals surface area contributed by atoms with E-state index in [0.29, 0.717) is 0 Å². The average Bonchev–Trinajstić information content (AvgIpc) is 2.21. The highest BCUT2D eigenvalue weighted by Crippen LogP contribution is 2.32. The first-order chi connectivity index (χ1) is 7.05. The van der Waals surface area contributed by atoms with Gasteiger partial charge in [0.2, 0.25) is 0 Å². The highest BCUT2D eigenvalue weighted by Gasteiger charge is 2.17. The molecule has 0 aliphatic heterocycles. The molecule has 15 heavy (non-hydrogen) atoms. The van der Waals surface area contributed by atoms with Crippen LogP contribution in [0.15, 0.2) is 36.5 Å². The average molecular weight is 205 g/mol. The summed E-state index contributed by atoms with van der Waals surface area (Å²) in [5, 5.41) is 0. The second-order valence-electron chi connectivity index (χ2n) is 4.20. The molecule has 1 aromatic rings. The zero-order valence-electron chi connectivity index (χ0n) is 10.5. The van der Waals surface area contributed by atoms with E-state index in [4.69, 9.17) is 5.73 Å². The van der Waals surface area contributed by atoms with Crippen LogP contribution in [-0.2, 0) is 0 Å². The molecular formula is C14H23N. The number of rotatable bonds is 1. The van der Waals surface area contributed by atoms with Crippen LogP contribution in [0.4, 0.5) is 0 Å².